The maximum absolute atomic E-state index is 13.1. The minimum Gasteiger partial charge on any atom is -0.464 e. The maximum atomic E-state index is 13.1. The smallest absolute Gasteiger partial charge is 0.354 e. The molecule has 0 radical (unpaired) electrons. The van der Waals surface area contributed by atoms with Gasteiger partial charge in [0.05, 0.1) is 13.2 Å². The highest BCUT2D eigenvalue weighted by molar-refractivity contribution is 6.06. The van der Waals surface area contributed by atoms with E-state index in [0.717, 1.165) is 18.5 Å². The average Bonchev–Trinajstić information content (AvgIpc) is 3.31. The zero-order valence-corrected chi connectivity index (χ0v) is 15.3. The molecule has 1 fully saturated rings. The molecule has 24 heavy (non-hydrogen) atoms. The Kier molecular flexibility index (Phi) is 5.16. The van der Waals surface area contributed by atoms with Crippen molar-refractivity contribution in [2.24, 2.45) is 0 Å². The van der Waals surface area contributed by atoms with Gasteiger partial charge in [0.15, 0.2) is 5.78 Å². The highest BCUT2D eigenvalue weighted by Gasteiger charge is 2.38. The number of amides is 1. The van der Waals surface area contributed by atoms with Gasteiger partial charge < -0.3 is 14.2 Å². The van der Waals surface area contributed by atoms with E-state index in [1.807, 2.05) is 13.8 Å². The third kappa shape index (κ3) is 2.97. The van der Waals surface area contributed by atoms with Gasteiger partial charge in [0.25, 0.3) is 0 Å². The van der Waals surface area contributed by atoms with Crippen molar-refractivity contribution in [3.05, 3.63) is 22.5 Å². The molecule has 0 bridgehead atoms. The predicted octanol–water partition coefficient (Wildman–Crippen LogP) is 2.49. The SMILES string of the molecule is CCn1c(C)c(C(=O)[C@@H](C)N(C(C)=O)C2CC2)c(C)c1C(=O)OC. The lowest BCUT2D eigenvalue weighted by molar-refractivity contribution is -0.130. The number of methoxy groups -OCH3 is 1. The summed E-state index contributed by atoms with van der Waals surface area (Å²) in [4.78, 5) is 38.8. The van der Waals surface area contributed by atoms with Crippen LogP contribution in [0.15, 0.2) is 0 Å². The summed E-state index contributed by atoms with van der Waals surface area (Å²) in [5.41, 5.74) is 2.30. The first-order valence-electron chi connectivity index (χ1n) is 8.37. The van der Waals surface area contributed by atoms with Gasteiger partial charge in [-0.3, -0.25) is 9.59 Å². The second kappa shape index (κ2) is 6.79. The maximum Gasteiger partial charge on any atom is 0.354 e. The summed E-state index contributed by atoms with van der Waals surface area (Å²) in [6.07, 6.45) is 1.89. The quantitative estimate of drug-likeness (QED) is 0.592. The fraction of sp³-hybridized carbons (Fsp3) is 0.611. The van der Waals surface area contributed by atoms with Crippen LogP contribution in [0.25, 0.3) is 0 Å². The lowest BCUT2D eigenvalue weighted by Gasteiger charge is -2.27. The van der Waals surface area contributed by atoms with Gasteiger partial charge in [-0.2, -0.15) is 0 Å². The number of hydrogen-bond acceptors (Lipinski definition) is 4. The molecular weight excluding hydrogens is 308 g/mol. The molecular formula is C18H26N2O4. The van der Waals surface area contributed by atoms with Crippen LogP contribution in [0, 0.1) is 13.8 Å². The average molecular weight is 334 g/mol. The summed E-state index contributed by atoms with van der Waals surface area (Å²) < 4.78 is 6.67. The third-order valence-electron chi connectivity index (χ3n) is 4.81. The molecule has 1 saturated carbocycles. The first-order chi connectivity index (χ1) is 11.3. The van der Waals surface area contributed by atoms with E-state index in [4.69, 9.17) is 4.74 Å². The Morgan fingerprint density at radius 1 is 1.29 bits per heavy atom. The van der Waals surface area contributed by atoms with Crippen LogP contribution in [0.5, 0.6) is 0 Å². The van der Waals surface area contributed by atoms with E-state index in [2.05, 4.69) is 0 Å². The second-order valence-corrected chi connectivity index (χ2v) is 6.37. The van der Waals surface area contributed by atoms with Crippen LogP contribution in [-0.2, 0) is 16.1 Å². The van der Waals surface area contributed by atoms with E-state index in [1.54, 1.807) is 23.3 Å². The number of aromatic nitrogens is 1. The van der Waals surface area contributed by atoms with Crippen molar-refractivity contribution in [1.82, 2.24) is 9.47 Å². The zero-order chi connectivity index (χ0) is 18.2. The van der Waals surface area contributed by atoms with E-state index in [1.165, 1.54) is 14.0 Å². The molecule has 0 spiro atoms. The lowest BCUT2D eigenvalue weighted by atomic mass is 9.99. The highest BCUT2D eigenvalue weighted by Crippen LogP contribution is 2.31. The van der Waals surface area contributed by atoms with E-state index in [-0.39, 0.29) is 17.7 Å². The monoisotopic (exact) mass is 334 g/mol. The minimum absolute atomic E-state index is 0.0863. The molecule has 6 nitrogen and oxygen atoms in total. The fourth-order valence-corrected chi connectivity index (χ4v) is 3.55. The summed E-state index contributed by atoms with van der Waals surface area (Å²) >= 11 is 0. The Morgan fingerprint density at radius 2 is 1.88 bits per heavy atom. The van der Waals surface area contributed by atoms with Crippen molar-refractivity contribution in [3.8, 4) is 0 Å². The normalized spacial score (nSPS) is 15.1. The zero-order valence-electron chi connectivity index (χ0n) is 15.3. The Hall–Kier alpha value is -2.11. The Morgan fingerprint density at radius 3 is 2.29 bits per heavy atom. The first kappa shape index (κ1) is 18.2. The summed E-state index contributed by atoms with van der Waals surface area (Å²) in [6.45, 7) is 9.35. The van der Waals surface area contributed by atoms with Crippen molar-refractivity contribution in [2.75, 3.05) is 7.11 Å². The number of carbonyl (C=O) groups excluding carboxylic acids is 3. The van der Waals surface area contributed by atoms with Crippen molar-refractivity contribution < 1.29 is 19.1 Å². The number of Topliss-reactive ketones (excluding diaryl/α,β-unsaturated/α-hetero) is 1. The first-order valence-corrected chi connectivity index (χ1v) is 8.37. The van der Waals surface area contributed by atoms with Crippen LogP contribution in [0.1, 0.15) is 65.7 Å². The molecule has 1 aromatic rings. The highest BCUT2D eigenvalue weighted by atomic mass is 16.5. The summed E-state index contributed by atoms with van der Waals surface area (Å²) in [5, 5.41) is 0. The number of carbonyl (C=O) groups is 3. The molecule has 2 rings (SSSR count). The van der Waals surface area contributed by atoms with Crippen LogP contribution >= 0.6 is 0 Å². The number of esters is 1. The van der Waals surface area contributed by atoms with Gasteiger partial charge in [-0.25, -0.2) is 4.79 Å². The third-order valence-corrected chi connectivity index (χ3v) is 4.81. The summed E-state index contributed by atoms with van der Waals surface area (Å²) in [7, 11) is 1.33. The second-order valence-electron chi connectivity index (χ2n) is 6.37. The van der Waals surface area contributed by atoms with E-state index in [9.17, 15) is 14.4 Å². The number of nitrogens with zero attached hydrogens (tertiary/aromatic N) is 2. The van der Waals surface area contributed by atoms with Crippen LogP contribution < -0.4 is 0 Å². The predicted molar refractivity (Wildman–Crippen MR) is 90.3 cm³/mol. The summed E-state index contributed by atoms with van der Waals surface area (Å²) in [6, 6.07) is -0.374. The van der Waals surface area contributed by atoms with Crippen LogP contribution in [-0.4, -0.2) is 46.3 Å². The van der Waals surface area contributed by atoms with E-state index >= 15 is 0 Å². The molecule has 0 aromatic carbocycles. The molecule has 0 saturated heterocycles. The minimum atomic E-state index is -0.536. The Bertz CT molecular complexity index is 686. The van der Waals surface area contributed by atoms with Crippen LogP contribution in [0.4, 0.5) is 0 Å². The molecule has 6 heteroatoms. The number of ketones is 1. The van der Waals surface area contributed by atoms with Gasteiger partial charge >= 0.3 is 5.97 Å². The van der Waals surface area contributed by atoms with Crippen LogP contribution in [0.2, 0.25) is 0 Å². The van der Waals surface area contributed by atoms with E-state index in [0.29, 0.717) is 23.4 Å². The van der Waals surface area contributed by atoms with Gasteiger partial charge in [0.1, 0.15) is 5.69 Å². The molecule has 1 amide bonds. The number of rotatable bonds is 6. The van der Waals surface area contributed by atoms with Crippen molar-refractivity contribution in [1.29, 1.82) is 0 Å². The molecule has 1 atom stereocenters. The molecule has 132 valence electrons. The molecule has 0 unspecified atom stereocenters. The van der Waals surface area contributed by atoms with Gasteiger partial charge in [-0.1, -0.05) is 0 Å². The fourth-order valence-electron chi connectivity index (χ4n) is 3.55. The standard InChI is InChI=1S/C18H26N2O4/c1-7-19-11(3)15(10(2)16(19)18(23)24-6)17(22)12(4)20(13(5)21)14-8-9-14/h12,14H,7-9H2,1-6H3/t12-/m1/s1. The number of ether oxygens (including phenoxy) is 1. The van der Waals surface area contributed by atoms with Gasteiger partial charge in [0.2, 0.25) is 5.91 Å². The number of hydrogen-bond donors (Lipinski definition) is 0. The van der Waals surface area contributed by atoms with Gasteiger partial charge in [-0.15, -0.1) is 0 Å². The van der Waals surface area contributed by atoms with E-state index < -0.39 is 12.0 Å². The summed E-state index contributed by atoms with van der Waals surface area (Å²) in [5.74, 6) is -0.656. The van der Waals surface area contributed by atoms with Gasteiger partial charge in [-0.05, 0) is 46.1 Å². The van der Waals surface area contributed by atoms with Crippen LogP contribution in [0.3, 0.4) is 0 Å². The molecule has 0 N–H and O–H groups in total. The van der Waals surface area contributed by atoms with Crippen molar-refractivity contribution in [2.45, 2.75) is 66.1 Å². The molecule has 1 heterocycles. The topological polar surface area (TPSA) is 68.6 Å². The largest absolute Gasteiger partial charge is 0.464 e. The Balaban J connectivity index is 2.47. The lowest BCUT2D eigenvalue weighted by Crippen LogP contribution is -2.43. The van der Waals surface area contributed by atoms with Crippen molar-refractivity contribution >= 4 is 17.7 Å². The van der Waals surface area contributed by atoms with Crippen molar-refractivity contribution in [3.63, 3.8) is 0 Å². The molecule has 0 aliphatic heterocycles. The Labute approximate surface area is 142 Å². The van der Waals surface area contributed by atoms with Gasteiger partial charge in [0, 0.05) is 30.8 Å². The molecule has 1 aromatic heterocycles. The molecule has 1 aliphatic rings. The molecule has 1 aliphatic carbocycles.